The van der Waals surface area contributed by atoms with Gasteiger partial charge in [0.1, 0.15) is 12.4 Å². The summed E-state index contributed by atoms with van der Waals surface area (Å²) in [4.78, 5) is 22.7. The Hall–Kier alpha value is -1.86. The van der Waals surface area contributed by atoms with Gasteiger partial charge in [-0.25, -0.2) is 0 Å². The van der Waals surface area contributed by atoms with Crippen molar-refractivity contribution in [1.29, 1.82) is 0 Å². The summed E-state index contributed by atoms with van der Waals surface area (Å²) < 4.78 is 5.58. The molecule has 0 aromatic carbocycles. The number of rotatable bonds is 4. The van der Waals surface area contributed by atoms with Gasteiger partial charge in [-0.2, -0.15) is 0 Å². The number of fused-ring (bicyclic) bond motifs is 1. The van der Waals surface area contributed by atoms with Gasteiger partial charge in [0.2, 0.25) is 5.91 Å². The number of aliphatic hydroxyl groups excluding tert-OH is 1. The van der Waals surface area contributed by atoms with Crippen molar-refractivity contribution in [3.05, 3.63) is 18.5 Å². The summed E-state index contributed by atoms with van der Waals surface area (Å²) in [6, 6.07) is 1.83. The highest BCUT2D eigenvalue weighted by Crippen LogP contribution is 2.29. The number of ether oxygens (including phenoxy) is 1. The van der Waals surface area contributed by atoms with Crippen LogP contribution in [0.15, 0.2) is 18.5 Å². The van der Waals surface area contributed by atoms with Crippen molar-refractivity contribution in [2.75, 3.05) is 63.9 Å². The summed E-state index contributed by atoms with van der Waals surface area (Å²) in [6.07, 6.45) is 3.45. The van der Waals surface area contributed by atoms with Gasteiger partial charge in [-0.15, -0.1) is 0 Å². The lowest BCUT2D eigenvalue weighted by Gasteiger charge is -2.36. The number of carbonyl (C=O) groups is 1. The Balaban J connectivity index is 1.57. The van der Waals surface area contributed by atoms with Crippen molar-refractivity contribution in [3.63, 3.8) is 0 Å². The van der Waals surface area contributed by atoms with E-state index in [2.05, 4.69) is 9.88 Å². The van der Waals surface area contributed by atoms with Gasteiger partial charge in [0.15, 0.2) is 0 Å². The number of aliphatic hydroxyl groups is 1. The first-order valence-corrected chi connectivity index (χ1v) is 7.70. The zero-order valence-electron chi connectivity index (χ0n) is 12.6. The van der Waals surface area contributed by atoms with E-state index in [1.165, 1.54) is 0 Å². The molecule has 7 heteroatoms. The van der Waals surface area contributed by atoms with Crippen LogP contribution in [-0.2, 0) is 4.79 Å². The molecule has 1 saturated heterocycles. The van der Waals surface area contributed by atoms with Crippen LogP contribution >= 0.6 is 0 Å². The first kappa shape index (κ1) is 15.1. The third-order valence-electron chi connectivity index (χ3n) is 4.19. The van der Waals surface area contributed by atoms with E-state index in [-0.39, 0.29) is 12.5 Å². The zero-order valence-corrected chi connectivity index (χ0v) is 12.6. The second-order valence-electron chi connectivity index (χ2n) is 5.56. The van der Waals surface area contributed by atoms with Crippen LogP contribution in [-0.4, -0.2) is 84.8 Å². The number of nitrogens with zero attached hydrogens (tertiary/aromatic N) is 4. The first-order valence-electron chi connectivity index (χ1n) is 7.70. The molecule has 0 spiro atoms. The predicted molar refractivity (Wildman–Crippen MR) is 82.1 cm³/mol. The molecule has 0 atom stereocenters. The van der Waals surface area contributed by atoms with Crippen LogP contribution in [0, 0.1) is 0 Å². The summed E-state index contributed by atoms with van der Waals surface area (Å²) in [6.45, 7) is 5.62. The molecule has 3 rings (SSSR count). The minimum absolute atomic E-state index is 0.139. The van der Waals surface area contributed by atoms with Crippen LogP contribution in [0.25, 0.3) is 0 Å². The number of carbonyl (C=O) groups excluding carboxylic acids is 1. The van der Waals surface area contributed by atoms with E-state index in [1.54, 1.807) is 12.4 Å². The number of hydrogen-bond donors (Lipinski definition) is 1. The van der Waals surface area contributed by atoms with Crippen molar-refractivity contribution in [2.45, 2.75) is 0 Å². The maximum absolute atomic E-state index is 12.5. The Morgan fingerprint density at radius 1 is 1.27 bits per heavy atom. The number of hydrogen-bond acceptors (Lipinski definition) is 6. The molecule has 22 heavy (non-hydrogen) atoms. The first-order chi connectivity index (χ1) is 10.8. The minimum Gasteiger partial charge on any atom is -0.489 e. The number of aromatic nitrogens is 1. The van der Waals surface area contributed by atoms with Gasteiger partial charge in [-0.1, -0.05) is 0 Å². The maximum Gasteiger partial charge on any atom is 0.242 e. The average Bonchev–Trinajstić information content (AvgIpc) is 2.56. The van der Waals surface area contributed by atoms with E-state index >= 15 is 0 Å². The topological polar surface area (TPSA) is 69.1 Å². The maximum atomic E-state index is 12.5. The van der Waals surface area contributed by atoms with Gasteiger partial charge in [-0.3, -0.25) is 14.7 Å². The van der Waals surface area contributed by atoms with Crippen molar-refractivity contribution in [2.24, 2.45) is 0 Å². The van der Waals surface area contributed by atoms with Crippen LogP contribution in [0.4, 0.5) is 5.69 Å². The number of β-amino-alcohol motifs (C(OH)–C–C–N with tert-alkyl or cyclic N) is 1. The van der Waals surface area contributed by atoms with Gasteiger partial charge in [0, 0.05) is 45.0 Å². The summed E-state index contributed by atoms with van der Waals surface area (Å²) in [7, 11) is 0. The monoisotopic (exact) mass is 306 g/mol. The number of pyridine rings is 1. The van der Waals surface area contributed by atoms with Gasteiger partial charge in [0.05, 0.1) is 31.6 Å². The van der Waals surface area contributed by atoms with Crippen LogP contribution in [0.2, 0.25) is 0 Å². The van der Waals surface area contributed by atoms with Gasteiger partial charge in [-0.05, 0) is 0 Å². The van der Waals surface area contributed by atoms with E-state index in [0.717, 1.165) is 37.6 Å². The quantitative estimate of drug-likeness (QED) is 0.802. The van der Waals surface area contributed by atoms with E-state index in [1.807, 2.05) is 15.9 Å². The Bertz CT molecular complexity index is 517. The minimum atomic E-state index is 0.139. The SMILES string of the molecule is O=C(CN1CCOc2ccncc21)N1CCN(CCO)CC1. The van der Waals surface area contributed by atoms with E-state index < -0.39 is 0 Å². The van der Waals surface area contributed by atoms with E-state index in [0.29, 0.717) is 26.2 Å². The average molecular weight is 306 g/mol. The second-order valence-corrected chi connectivity index (χ2v) is 5.56. The van der Waals surface area contributed by atoms with Crippen LogP contribution in [0.1, 0.15) is 0 Å². The van der Waals surface area contributed by atoms with Crippen molar-refractivity contribution in [3.8, 4) is 5.75 Å². The molecule has 3 heterocycles. The highest BCUT2D eigenvalue weighted by atomic mass is 16.5. The lowest BCUT2D eigenvalue weighted by molar-refractivity contribution is -0.131. The number of piperazine rings is 1. The molecule has 1 amide bonds. The molecular formula is C15H22N4O3. The molecule has 1 aromatic heterocycles. The molecule has 120 valence electrons. The number of anilines is 1. The molecule has 2 aliphatic rings. The van der Waals surface area contributed by atoms with Crippen LogP contribution in [0.3, 0.4) is 0 Å². The van der Waals surface area contributed by atoms with Crippen molar-refractivity contribution < 1.29 is 14.6 Å². The van der Waals surface area contributed by atoms with Crippen LogP contribution < -0.4 is 9.64 Å². The zero-order chi connectivity index (χ0) is 15.4. The molecule has 0 saturated carbocycles. The largest absolute Gasteiger partial charge is 0.489 e. The highest BCUT2D eigenvalue weighted by Gasteiger charge is 2.25. The van der Waals surface area contributed by atoms with Gasteiger partial charge >= 0.3 is 0 Å². The van der Waals surface area contributed by atoms with E-state index in [4.69, 9.17) is 9.84 Å². The fourth-order valence-electron chi connectivity index (χ4n) is 2.91. The van der Waals surface area contributed by atoms with Gasteiger partial charge < -0.3 is 19.6 Å². The molecule has 1 aromatic rings. The Morgan fingerprint density at radius 2 is 2.09 bits per heavy atom. The van der Waals surface area contributed by atoms with Crippen LogP contribution in [0.5, 0.6) is 5.75 Å². The Kier molecular flexibility index (Phi) is 4.74. The van der Waals surface area contributed by atoms with E-state index in [9.17, 15) is 4.79 Å². The normalized spacial score (nSPS) is 18.8. The lowest BCUT2D eigenvalue weighted by Crippen LogP contribution is -2.52. The van der Waals surface area contributed by atoms with Crippen molar-refractivity contribution >= 4 is 11.6 Å². The summed E-state index contributed by atoms with van der Waals surface area (Å²) in [5.74, 6) is 0.933. The Labute approximate surface area is 130 Å². The lowest BCUT2D eigenvalue weighted by atomic mass is 10.2. The molecular weight excluding hydrogens is 284 g/mol. The fourth-order valence-corrected chi connectivity index (χ4v) is 2.91. The Morgan fingerprint density at radius 3 is 2.86 bits per heavy atom. The molecule has 2 aliphatic heterocycles. The molecule has 7 nitrogen and oxygen atoms in total. The standard InChI is InChI=1S/C15H22N4O3/c20-9-7-17-3-5-18(6-4-17)15(21)12-19-8-10-22-14-1-2-16-11-13(14)19/h1-2,11,20H,3-10,12H2. The summed E-state index contributed by atoms with van der Waals surface area (Å²) >= 11 is 0. The molecule has 0 radical (unpaired) electrons. The second kappa shape index (κ2) is 6.93. The summed E-state index contributed by atoms with van der Waals surface area (Å²) in [5.41, 5.74) is 0.890. The third kappa shape index (κ3) is 3.31. The molecule has 0 unspecified atom stereocenters. The smallest absolute Gasteiger partial charge is 0.242 e. The summed E-state index contributed by atoms with van der Waals surface area (Å²) in [5, 5.41) is 8.96. The number of amides is 1. The molecule has 1 fully saturated rings. The predicted octanol–water partition coefficient (Wildman–Crippen LogP) is -0.583. The third-order valence-corrected chi connectivity index (χ3v) is 4.19. The van der Waals surface area contributed by atoms with Gasteiger partial charge in [0.25, 0.3) is 0 Å². The van der Waals surface area contributed by atoms with Crippen molar-refractivity contribution in [1.82, 2.24) is 14.8 Å². The highest BCUT2D eigenvalue weighted by molar-refractivity contribution is 5.82. The molecule has 0 bridgehead atoms. The molecule has 0 aliphatic carbocycles. The molecule has 1 N–H and O–H groups in total. The fraction of sp³-hybridized carbons (Fsp3) is 0.600.